The molecule has 0 radical (unpaired) electrons. The quantitative estimate of drug-likeness (QED) is 0.804. The number of carboxylic acid groups (broad SMARTS) is 1. The summed E-state index contributed by atoms with van der Waals surface area (Å²) in [5, 5.41) is 9.43. The third-order valence-electron chi connectivity index (χ3n) is 4.77. The summed E-state index contributed by atoms with van der Waals surface area (Å²) in [6.07, 6.45) is 3.39. The van der Waals surface area contributed by atoms with E-state index in [0.717, 1.165) is 23.7 Å². The largest absolute Gasteiger partial charge is 0.480 e. The Balaban J connectivity index is 1.96. The van der Waals surface area contributed by atoms with E-state index in [2.05, 4.69) is 4.98 Å². The van der Waals surface area contributed by atoms with Gasteiger partial charge in [-0.05, 0) is 32.6 Å². The topological polar surface area (TPSA) is 102 Å². The van der Waals surface area contributed by atoms with Gasteiger partial charge in [0.2, 0.25) is 0 Å². The van der Waals surface area contributed by atoms with Crippen molar-refractivity contribution in [2.24, 2.45) is 5.92 Å². The number of rotatable bonds is 6. The van der Waals surface area contributed by atoms with Crippen molar-refractivity contribution in [2.45, 2.75) is 69.9 Å². The van der Waals surface area contributed by atoms with Crippen molar-refractivity contribution in [1.29, 1.82) is 0 Å². The Hall–Kier alpha value is -1.45. The Kier molecular flexibility index (Phi) is 4.91. The van der Waals surface area contributed by atoms with Crippen LogP contribution in [0.1, 0.15) is 39.4 Å². The Morgan fingerprint density at radius 3 is 2.64 bits per heavy atom. The van der Waals surface area contributed by atoms with Gasteiger partial charge in [-0.3, -0.25) is 4.79 Å². The van der Waals surface area contributed by atoms with E-state index in [1.165, 1.54) is 0 Å². The maximum atomic E-state index is 13.1. The van der Waals surface area contributed by atoms with Crippen molar-refractivity contribution in [3.8, 4) is 0 Å². The molecule has 1 aromatic rings. The monoisotopic (exact) mass is 371 g/mol. The maximum Gasteiger partial charge on any atom is 0.324 e. The molecule has 2 heterocycles. The average molecular weight is 371 g/mol. The van der Waals surface area contributed by atoms with Crippen LogP contribution < -0.4 is 0 Å². The van der Waals surface area contributed by atoms with Crippen LogP contribution in [0, 0.1) is 5.92 Å². The highest BCUT2D eigenvalue weighted by Gasteiger charge is 2.45. The van der Waals surface area contributed by atoms with Crippen molar-refractivity contribution in [1.82, 2.24) is 13.9 Å². The molecule has 1 aliphatic carbocycles. The molecule has 3 atom stereocenters. The van der Waals surface area contributed by atoms with Gasteiger partial charge in [0.15, 0.2) is 5.03 Å². The van der Waals surface area contributed by atoms with Crippen LogP contribution in [0.2, 0.25) is 0 Å². The highest BCUT2D eigenvalue weighted by atomic mass is 32.2. The van der Waals surface area contributed by atoms with Crippen LogP contribution in [0.4, 0.5) is 0 Å². The number of aliphatic carboxylic acids is 1. The molecule has 8 nitrogen and oxygen atoms in total. The predicted molar refractivity (Wildman–Crippen MR) is 89.7 cm³/mol. The summed E-state index contributed by atoms with van der Waals surface area (Å²) in [7, 11) is -4.01. The molecule has 3 unspecified atom stereocenters. The van der Waals surface area contributed by atoms with Crippen LogP contribution in [0.25, 0.3) is 0 Å². The van der Waals surface area contributed by atoms with E-state index in [1.807, 2.05) is 11.5 Å². The molecule has 2 fully saturated rings. The molecular weight excluding hydrogens is 346 g/mol. The number of sulfonamides is 1. The molecule has 1 saturated heterocycles. The molecule has 25 heavy (non-hydrogen) atoms. The molecule has 1 aromatic heterocycles. The summed E-state index contributed by atoms with van der Waals surface area (Å²) in [4.78, 5) is 15.9. The second-order valence-corrected chi connectivity index (χ2v) is 8.79. The average Bonchev–Trinajstić information content (AvgIpc) is 3.23. The first kappa shape index (κ1) is 18.3. The van der Waals surface area contributed by atoms with Gasteiger partial charge in [0, 0.05) is 25.7 Å². The van der Waals surface area contributed by atoms with Gasteiger partial charge < -0.3 is 14.4 Å². The minimum absolute atomic E-state index is 0.000579. The smallest absolute Gasteiger partial charge is 0.324 e. The summed E-state index contributed by atoms with van der Waals surface area (Å²) < 4.78 is 34.7. The lowest BCUT2D eigenvalue weighted by molar-refractivity contribution is -0.155. The van der Waals surface area contributed by atoms with Gasteiger partial charge in [-0.1, -0.05) is 6.92 Å². The Bertz CT molecular complexity index is 756. The fraction of sp³-hybridized carbons (Fsp3) is 0.750. The van der Waals surface area contributed by atoms with Crippen LogP contribution in [0.3, 0.4) is 0 Å². The molecule has 0 bridgehead atoms. The number of carboxylic acids is 1. The van der Waals surface area contributed by atoms with E-state index < -0.39 is 28.1 Å². The first-order chi connectivity index (χ1) is 11.7. The lowest BCUT2D eigenvalue weighted by Crippen LogP contribution is -2.58. The van der Waals surface area contributed by atoms with Gasteiger partial charge in [-0.15, -0.1) is 0 Å². The van der Waals surface area contributed by atoms with Gasteiger partial charge in [-0.2, -0.15) is 4.31 Å². The number of hydrogen-bond donors (Lipinski definition) is 1. The van der Waals surface area contributed by atoms with Gasteiger partial charge in [-0.25, -0.2) is 13.4 Å². The fourth-order valence-corrected chi connectivity index (χ4v) is 5.04. The van der Waals surface area contributed by atoms with Crippen molar-refractivity contribution in [2.75, 3.05) is 6.54 Å². The SMILES string of the molecule is CCc1nc(S(=O)(=O)N2CC(C)OC(C)C2C(=O)O)cn1CC1CC1. The third kappa shape index (κ3) is 3.58. The Morgan fingerprint density at radius 1 is 1.40 bits per heavy atom. The first-order valence-electron chi connectivity index (χ1n) is 8.70. The summed E-state index contributed by atoms with van der Waals surface area (Å²) >= 11 is 0. The van der Waals surface area contributed by atoms with Crippen LogP contribution >= 0.6 is 0 Å². The summed E-state index contributed by atoms with van der Waals surface area (Å²) in [6, 6.07) is -1.25. The molecule has 9 heteroatoms. The van der Waals surface area contributed by atoms with E-state index in [-0.39, 0.29) is 17.7 Å². The van der Waals surface area contributed by atoms with Crippen LogP contribution in [-0.4, -0.2) is 58.1 Å². The van der Waals surface area contributed by atoms with Crippen LogP contribution in [-0.2, 0) is 32.5 Å². The van der Waals surface area contributed by atoms with E-state index in [0.29, 0.717) is 18.2 Å². The maximum absolute atomic E-state index is 13.1. The Labute approximate surface area is 147 Å². The minimum Gasteiger partial charge on any atom is -0.480 e. The highest BCUT2D eigenvalue weighted by molar-refractivity contribution is 7.89. The van der Waals surface area contributed by atoms with Gasteiger partial charge in [0.05, 0.1) is 12.2 Å². The number of morpholine rings is 1. The van der Waals surface area contributed by atoms with E-state index in [1.54, 1.807) is 20.0 Å². The normalized spacial score (nSPS) is 28.2. The zero-order valence-corrected chi connectivity index (χ0v) is 15.6. The van der Waals surface area contributed by atoms with E-state index in [4.69, 9.17) is 4.74 Å². The van der Waals surface area contributed by atoms with Crippen molar-refractivity contribution < 1.29 is 23.1 Å². The second kappa shape index (κ2) is 6.69. The lowest BCUT2D eigenvalue weighted by Gasteiger charge is -2.38. The van der Waals surface area contributed by atoms with Crippen molar-refractivity contribution >= 4 is 16.0 Å². The standard InChI is InChI=1S/C16H25N3O5S/c1-4-13-17-14(9-18(13)8-12-5-6-12)25(22,23)19-7-10(2)24-11(3)15(19)16(20)21/h9-12,15H,4-8H2,1-3H3,(H,20,21). The van der Waals surface area contributed by atoms with Crippen LogP contribution in [0.15, 0.2) is 11.2 Å². The number of aromatic nitrogens is 2. The Morgan fingerprint density at radius 2 is 2.08 bits per heavy atom. The predicted octanol–water partition coefficient (Wildman–Crippen LogP) is 1.11. The molecule has 1 aliphatic heterocycles. The summed E-state index contributed by atoms with van der Waals surface area (Å²) in [6.45, 7) is 6.02. The first-order valence-corrected chi connectivity index (χ1v) is 10.1. The number of ether oxygens (including phenoxy) is 1. The molecule has 1 N–H and O–H groups in total. The molecule has 1 saturated carbocycles. The third-order valence-corrected chi connectivity index (χ3v) is 6.49. The van der Waals surface area contributed by atoms with Gasteiger partial charge in [0.1, 0.15) is 11.9 Å². The molecule has 2 aliphatic rings. The molecular formula is C16H25N3O5S. The zero-order valence-electron chi connectivity index (χ0n) is 14.8. The van der Waals surface area contributed by atoms with Crippen molar-refractivity contribution in [3.05, 3.63) is 12.0 Å². The number of imidazole rings is 1. The van der Waals surface area contributed by atoms with Crippen molar-refractivity contribution in [3.63, 3.8) is 0 Å². The summed E-state index contributed by atoms with van der Waals surface area (Å²) in [5.74, 6) is 0.0908. The number of nitrogens with zero attached hydrogens (tertiary/aromatic N) is 3. The molecule has 3 rings (SSSR count). The fourth-order valence-electron chi connectivity index (χ4n) is 3.35. The molecule has 0 spiro atoms. The lowest BCUT2D eigenvalue weighted by atomic mass is 10.1. The highest BCUT2D eigenvalue weighted by Crippen LogP contribution is 2.32. The number of aryl methyl sites for hydroxylation is 1. The van der Waals surface area contributed by atoms with Gasteiger partial charge in [0.25, 0.3) is 10.0 Å². The number of hydrogen-bond acceptors (Lipinski definition) is 5. The summed E-state index contributed by atoms with van der Waals surface area (Å²) in [5.41, 5.74) is 0. The van der Waals surface area contributed by atoms with Gasteiger partial charge >= 0.3 is 5.97 Å². The molecule has 0 amide bonds. The van der Waals surface area contributed by atoms with E-state index in [9.17, 15) is 18.3 Å². The van der Waals surface area contributed by atoms with Crippen LogP contribution in [0.5, 0.6) is 0 Å². The zero-order chi connectivity index (χ0) is 18.4. The second-order valence-electron chi connectivity index (χ2n) is 6.95. The minimum atomic E-state index is -4.01. The number of carbonyl (C=O) groups is 1. The molecule has 140 valence electrons. The molecule has 0 aromatic carbocycles. The van der Waals surface area contributed by atoms with E-state index >= 15 is 0 Å².